The van der Waals surface area contributed by atoms with Crippen molar-refractivity contribution in [3.8, 4) is 6.07 Å². The summed E-state index contributed by atoms with van der Waals surface area (Å²) in [5.74, 6) is -1.09. The molecule has 8 rings (SSSR count). The lowest BCUT2D eigenvalue weighted by Gasteiger charge is -2.57. The second kappa shape index (κ2) is 10.8. The van der Waals surface area contributed by atoms with E-state index in [4.69, 9.17) is 16.3 Å². The quantitative estimate of drug-likeness (QED) is 0.228. The summed E-state index contributed by atoms with van der Waals surface area (Å²) in [4.78, 5) is 32.5. The number of amides is 1. The van der Waals surface area contributed by atoms with Gasteiger partial charge in [-0.1, -0.05) is 104 Å². The number of carbonyl (C=O) groups excluding carboxylic acids is 2. The molecule has 7 heteroatoms. The summed E-state index contributed by atoms with van der Waals surface area (Å²) in [5.41, 5.74) is 2.83. The molecule has 3 aliphatic heterocycles. The van der Waals surface area contributed by atoms with Crippen LogP contribution in [0.15, 0.2) is 103 Å². The number of morpholine rings is 1. The van der Waals surface area contributed by atoms with E-state index in [1.165, 1.54) is 0 Å². The summed E-state index contributed by atoms with van der Waals surface area (Å²) in [6, 6.07) is 34.5. The lowest BCUT2D eigenvalue weighted by molar-refractivity contribution is -0.184. The van der Waals surface area contributed by atoms with Crippen molar-refractivity contribution in [2.45, 2.75) is 74.6 Å². The number of fused-ring (bicyclic) bond motifs is 5. The van der Waals surface area contributed by atoms with Gasteiger partial charge in [0.1, 0.15) is 17.6 Å². The number of halogens is 1. The molecule has 2 spiro atoms. The summed E-state index contributed by atoms with van der Waals surface area (Å²) in [7, 11) is 0. The van der Waals surface area contributed by atoms with Crippen molar-refractivity contribution in [2.24, 2.45) is 5.41 Å². The largest absolute Gasteiger partial charge is 0.454 e. The maximum atomic E-state index is 15.2. The smallest absolute Gasteiger partial charge is 0.324 e. The van der Waals surface area contributed by atoms with E-state index in [1.807, 2.05) is 78.9 Å². The summed E-state index contributed by atoms with van der Waals surface area (Å²) < 4.78 is 6.58. The molecule has 3 fully saturated rings. The van der Waals surface area contributed by atoms with E-state index in [9.17, 15) is 10.1 Å². The fourth-order valence-corrected chi connectivity index (χ4v) is 9.63. The zero-order valence-corrected chi connectivity index (χ0v) is 27.2. The first-order valence-electron chi connectivity index (χ1n) is 16.4. The zero-order chi connectivity index (χ0) is 32.6. The summed E-state index contributed by atoms with van der Waals surface area (Å²) in [5, 5.41) is 13.6. The van der Waals surface area contributed by atoms with Crippen LogP contribution < -0.4 is 5.32 Å². The number of anilines is 1. The predicted molar refractivity (Wildman–Crippen MR) is 181 cm³/mol. The molecule has 1 N–H and O–H groups in total. The molecule has 4 aromatic rings. The predicted octanol–water partition coefficient (Wildman–Crippen LogP) is 8.25. The van der Waals surface area contributed by atoms with E-state index >= 15 is 4.79 Å². The molecule has 6 nitrogen and oxygen atoms in total. The number of hydrogen-bond acceptors (Lipinski definition) is 5. The van der Waals surface area contributed by atoms with Gasteiger partial charge in [0.05, 0.1) is 17.7 Å². The summed E-state index contributed by atoms with van der Waals surface area (Å²) in [6.07, 6.45) is 2.59. The second-order valence-corrected chi connectivity index (χ2v) is 14.8. The minimum atomic E-state index is -1.17. The van der Waals surface area contributed by atoms with Crippen LogP contribution >= 0.6 is 11.6 Å². The first-order valence-corrected chi connectivity index (χ1v) is 16.8. The number of esters is 1. The Bertz CT molecular complexity index is 1930. The minimum absolute atomic E-state index is 0.0655. The Balaban J connectivity index is 1.48. The number of nitrogens with zero attached hydrogens (tertiary/aromatic N) is 2. The lowest BCUT2D eigenvalue weighted by Crippen LogP contribution is -2.64. The molecular weight excluding hydrogens is 606 g/mol. The number of nitrogens with one attached hydrogen (secondary N) is 1. The van der Waals surface area contributed by atoms with Gasteiger partial charge in [-0.3, -0.25) is 14.5 Å². The van der Waals surface area contributed by atoms with Crippen LogP contribution in [0.2, 0.25) is 5.02 Å². The lowest BCUT2D eigenvalue weighted by atomic mass is 9.53. The molecule has 0 aromatic heterocycles. The Labute approximate surface area is 280 Å². The number of hydrogen-bond donors (Lipinski definition) is 1. The molecule has 4 aromatic carbocycles. The SMILES string of the molecule is CC1(C)CCC2(CC1)N1[C@H](c3ccccc3)[C@H](c3ccccc3)OC(=O)[C@H]1[C@H](c1cccc(Cl)c1)[C@@]21C(=O)Nc2cc(C#N)ccc21. The normalized spacial score (nSPS) is 28.7. The van der Waals surface area contributed by atoms with Gasteiger partial charge >= 0.3 is 5.97 Å². The Kier molecular flexibility index (Phi) is 6.88. The fourth-order valence-electron chi connectivity index (χ4n) is 9.43. The molecule has 0 radical (unpaired) electrons. The highest BCUT2D eigenvalue weighted by atomic mass is 35.5. The van der Waals surface area contributed by atoms with Crippen molar-refractivity contribution in [1.29, 1.82) is 5.26 Å². The molecule has 0 bridgehead atoms. The fraction of sp³-hybridized carbons (Fsp3) is 0.325. The number of cyclic esters (lactones) is 1. The number of carbonyl (C=O) groups is 2. The number of nitriles is 1. The second-order valence-electron chi connectivity index (χ2n) is 14.3. The van der Waals surface area contributed by atoms with E-state index in [0.29, 0.717) is 29.1 Å². The highest BCUT2D eigenvalue weighted by molar-refractivity contribution is 6.30. The van der Waals surface area contributed by atoms with Crippen LogP contribution in [-0.4, -0.2) is 28.4 Å². The topological polar surface area (TPSA) is 82.4 Å². The standard InChI is InChI=1S/C40H36ClN3O3/c1-38(2)18-20-39(21-19-38)40(30-17-16-25(24-42)22-31(30)43-37(40)46)32(28-14-9-15-29(41)23-28)34-36(45)47-35(27-12-7-4-8-13-27)33(44(34)39)26-10-5-3-6-11-26/h3-17,22-23,32-35H,18-21H2,1-2H3,(H,43,46)/t32-,33+,34+,35-,40-/m0/s1. The van der Waals surface area contributed by atoms with Gasteiger partial charge in [-0.2, -0.15) is 5.26 Å². The van der Waals surface area contributed by atoms with E-state index in [0.717, 1.165) is 35.1 Å². The third kappa shape index (κ3) is 4.26. The van der Waals surface area contributed by atoms with Crippen LogP contribution in [-0.2, 0) is 19.7 Å². The molecule has 1 saturated carbocycles. The first-order chi connectivity index (χ1) is 22.7. The molecule has 0 unspecified atom stereocenters. The summed E-state index contributed by atoms with van der Waals surface area (Å²) in [6.45, 7) is 4.59. The van der Waals surface area contributed by atoms with Gasteiger partial charge in [-0.25, -0.2) is 0 Å². The van der Waals surface area contributed by atoms with E-state index in [-0.39, 0.29) is 23.3 Å². The van der Waals surface area contributed by atoms with Gasteiger partial charge in [0.15, 0.2) is 0 Å². The van der Waals surface area contributed by atoms with Crippen molar-refractivity contribution in [1.82, 2.24) is 4.90 Å². The molecule has 4 aliphatic rings. The van der Waals surface area contributed by atoms with Crippen molar-refractivity contribution >= 4 is 29.2 Å². The third-order valence-corrected chi connectivity index (χ3v) is 11.7. The zero-order valence-electron chi connectivity index (χ0n) is 26.4. The van der Waals surface area contributed by atoms with Gasteiger partial charge in [-0.05, 0) is 77.6 Å². The van der Waals surface area contributed by atoms with Gasteiger partial charge in [0.25, 0.3) is 0 Å². The Hall–Kier alpha value is -4.44. The minimum Gasteiger partial charge on any atom is -0.454 e. The third-order valence-electron chi connectivity index (χ3n) is 11.5. The van der Waals surface area contributed by atoms with Crippen molar-refractivity contribution in [3.63, 3.8) is 0 Å². The van der Waals surface area contributed by atoms with Crippen molar-refractivity contribution in [2.75, 3.05) is 5.32 Å². The van der Waals surface area contributed by atoms with Crippen LogP contribution in [0.1, 0.15) is 85.4 Å². The van der Waals surface area contributed by atoms with Crippen molar-refractivity contribution in [3.05, 3.63) is 136 Å². The van der Waals surface area contributed by atoms with E-state index in [2.05, 4.69) is 42.3 Å². The van der Waals surface area contributed by atoms with Crippen LogP contribution in [0.25, 0.3) is 0 Å². The van der Waals surface area contributed by atoms with Crippen LogP contribution in [0.5, 0.6) is 0 Å². The molecular formula is C40H36ClN3O3. The molecule has 5 atom stereocenters. The highest BCUT2D eigenvalue weighted by Crippen LogP contribution is 2.70. The summed E-state index contributed by atoms with van der Waals surface area (Å²) >= 11 is 6.68. The Morgan fingerprint density at radius 1 is 0.809 bits per heavy atom. The van der Waals surface area contributed by atoms with Gasteiger partial charge in [0, 0.05) is 22.2 Å². The first kappa shape index (κ1) is 29.9. The molecule has 1 aliphatic carbocycles. The molecule has 47 heavy (non-hydrogen) atoms. The molecule has 2 saturated heterocycles. The van der Waals surface area contributed by atoms with Crippen LogP contribution in [0, 0.1) is 16.7 Å². The number of rotatable bonds is 3. The number of benzene rings is 4. The van der Waals surface area contributed by atoms with Crippen LogP contribution in [0.3, 0.4) is 0 Å². The monoisotopic (exact) mass is 641 g/mol. The number of ether oxygens (including phenoxy) is 1. The van der Waals surface area contributed by atoms with Gasteiger partial charge in [0.2, 0.25) is 5.91 Å². The van der Waals surface area contributed by atoms with Gasteiger partial charge in [-0.15, -0.1) is 0 Å². The van der Waals surface area contributed by atoms with E-state index in [1.54, 1.807) is 12.1 Å². The van der Waals surface area contributed by atoms with Gasteiger partial charge < -0.3 is 10.1 Å². The van der Waals surface area contributed by atoms with E-state index < -0.39 is 29.0 Å². The van der Waals surface area contributed by atoms with Crippen molar-refractivity contribution < 1.29 is 14.3 Å². The molecule has 3 heterocycles. The molecule has 236 valence electrons. The highest BCUT2D eigenvalue weighted by Gasteiger charge is 2.78. The average Bonchev–Trinajstić information content (AvgIpc) is 3.52. The van der Waals surface area contributed by atoms with Crippen LogP contribution in [0.4, 0.5) is 5.69 Å². The average molecular weight is 642 g/mol. The maximum absolute atomic E-state index is 15.2. The maximum Gasteiger partial charge on any atom is 0.324 e. The Morgan fingerprint density at radius 3 is 2.13 bits per heavy atom. The Morgan fingerprint density at radius 2 is 1.47 bits per heavy atom. The molecule has 1 amide bonds.